The zero-order valence-corrected chi connectivity index (χ0v) is 16.8. The largest absolute Gasteiger partial charge is 0.380 e. The van der Waals surface area contributed by atoms with Crippen molar-refractivity contribution in [3.8, 4) is 0 Å². The number of rotatable bonds is 6. The first-order chi connectivity index (χ1) is 13.4. The SMILES string of the molecule is CC(=O)c1c(C)[nH]c(C(=O)Nc2ccc(NCc3ccccc3)c(Cl)c2)c1C. The number of H-pyrrole nitrogens is 1. The molecule has 0 saturated carbocycles. The normalized spacial score (nSPS) is 10.6. The second kappa shape index (κ2) is 8.31. The van der Waals surface area contributed by atoms with E-state index < -0.39 is 0 Å². The number of hydrogen-bond acceptors (Lipinski definition) is 3. The third-order valence-corrected chi connectivity index (χ3v) is 4.88. The van der Waals surface area contributed by atoms with Crippen LogP contribution in [0.4, 0.5) is 11.4 Å². The number of aryl methyl sites for hydroxylation is 1. The van der Waals surface area contributed by atoms with Crippen molar-refractivity contribution in [2.75, 3.05) is 10.6 Å². The van der Waals surface area contributed by atoms with Crippen molar-refractivity contribution in [2.45, 2.75) is 27.3 Å². The van der Waals surface area contributed by atoms with E-state index >= 15 is 0 Å². The van der Waals surface area contributed by atoms with Gasteiger partial charge in [0, 0.05) is 23.5 Å². The lowest BCUT2D eigenvalue weighted by Crippen LogP contribution is -2.14. The molecule has 0 radical (unpaired) electrons. The molecule has 28 heavy (non-hydrogen) atoms. The van der Waals surface area contributed by atoms with Gasteiger partial charge in [-0.3, -0.25) is 9.59 Å². The van der Waals surface area contributed by atoms with Crippen LogP contribution >= 0.6 is 11.6 Å². The number of halogens is 1. The van der Waals surface area contributed by atoms with E-state index in [9.17, 15) is 9.59 Å². The molecule has 0 saturated heterocycles. The predicted octanol–water partition coefficient (Wildman–Crippen LogP) is 5.35. The molecule has 1 aromatic heterocycles. The number of hydrogen-bond donors (Lipinski definition) is 3. The fraction of sp³-hybridized carbons (Fsp3) is 0.182. The maximum atomic E-state index is 12.6. The van der Waals surface area contributed by atoms with Gasteiger partial charge in [0.15, 0.2) is 5.78 Å². The second-order valence-corrected chi connectivity index (χ2v) is 7.08. The molecule has 1 amide bonds. The number of carbonyl (C=O) groups excluding carboxylic acids is 2. The molecule has 5 nitrogen and oxygen atoms in total. The van der Waals surface area contributed by atoms with Gasteiger partial charge in [0.1, 0.15) is 5.69 Å². The Morgan fingerprint density at radius 3 is 2.39 bits per heavy atom. The lowest BCUT2D eigenvalue weighted by atomic mass is 10.1. The molecule has 3 rings (SSSR count). The van der Waals surface area contributed by atoms with Crippen LogP contribution in [0.25, 0.3) is 0 Å². The van der Waals surface area contributed by atoms with Crippen LogP contribution in [0.5, 0.6) is 0 Å². The average Bonchev–Trinajstić information content (AvgIpc) is 2.96. The van der Waals surface area contributed by atoms with Crippen molar-refractivity contribution in [3.05, 3.63) is 81.6 Å². The van der Waals surface area contributed by atoms with Crippen molar-refractivity contribution < 1.29 is 9.59 Å². The average molecular weight is 396 g/mol. The maximum Gasteiger partial charge on any atom is 0.272 e. The highest BCUT2D eigenvalue weighted by molar-refractivity contribution is 6.33. The van der Waals surface area contributed by atoms with Crippen LogP contribution in [-0.2, 0) is 6.54 Å². The van der Waals surface area contributed by atoms with Crippen LogP contribution in [0.2, 0.25) is 5.02 Å². The number of amides is 1. The van der Waals surface area contributed by atoms with Gasteiger partial charge in [-0.2, -0.15) is 0 Å². The Kier molecular flexibility index (Phi) is 5.85. The first-order valence-electron chi connectivity index (χ1n) is 8.95. The Morgan fingerprint density at radius 2 is 1.79 bits per heavy atom. The van der Waals surface area contributed by atoms with Crippen molar-refractivity contribution >= 4 is 34.7 Å². The molecule has 1 heterocycles. The first-order valence-corrected chi connectivity index (χ1v) is 9.33. The summed E-state index contributed by atoms with van der Waals surface area (Å²) in [6, 6.07) is 15.3. The fourth-order valence-electron chi connectivity index (χ4n) is 3.23. The molecule has 0 spiro atoms. The Hall–Kier alpha value is -3.05. The molecular weight excluding hydrogens is 374 g/mol. The molecule has 0 aliphatic heterocycles. The van der Waals surface area contributed by atoms with E-state index in [0.717, 1.165) is 11.3 Å². The summed E-state index contributed by atoms with van der Waals surface area (Å²) in [4.78, 5) is 27.4. The topological polar surface area (TPSA) is 74.0 Å². The molecule has 0 atom stereocenters. The van der Waals surface area contributed by atoms with Crippen LogP contribution in [0, 0.1) is 13.8 Å². The van der Waals surface area contributed by atoms with Crippen molar-refractivity contribution in [1.29, 1.82) is 0 Å². The van der Waals surface area contributed by atoms with E-state index in [1.165, 1.54) is 6.92 Å². The van der Waals surface area contributed by atoms with Gasteiger partial charge < -0.3 is 15.6 Å². The van der Waals surface area contributed by atoms with Gasteiger partial charge in [0.05, 0.1) is 10.7 Å². The number of aromatic amines is 1. The molecule has 2 aromatic carbocycles. The minimum Gasteiger partial charge on any atom is -0.380 e. The van der Waals surface area contributed by atoms with E-state index in [2.05, 4.69) is 15.6 Å². The molecule has 0 fully saturated rings. The zero-order chi connectivity index (χ0) is 20.3. The summed E-state index contributed by atoms with van der Waals surface area (Å²) in [5, 5.41) is 6.62. The minimum atomic E-state index is -0.311. The molecule has 0 aliphatic rings. The fourth-order valence-corrected chi connectivity index (χ4v) is 3.48. The molecule has 0 unspecified atom stereocenters. The van der Waals surface area contributed by atoms with Gasteiger partial charge in [-0.05, 0) is 50.1 Å². The van der Waals surface area contributed by atoms with E-state index in [4.69, 9.17) is 11.6 Å². The Labute approximate surface area is 169 Å². The van der Waals surface area contributed by atoms with Gasteiger partial charge in [-0.1, -0.05) is 41.9 Å². The van der Waals surface area contributed by atoms with Crippen LogP contribution in [0.1, 0.15) is 44.6 Å². The number of aromatic nitrogens is 1. The van der Waals surface area contributed by atoms with E-state index in [-0.39, 0.29) is 11.7 Å². The summed E-state index contributed by atoms with van der Waals surface area (Å²) in [7, 11) is 0. The van der Waals surface area contributed by atoms with Gasteiger partial charge in [-0.25, -0.2) is 0 Å². The van der Waals surface area contributed by atoms with Crippen LogP contribution in [0.3, 0.4) is 0 Å². The zero-order valence-electron chi connectivity index (χ0n) is 16.0. The number of anilines is 2. The van der Waals surface area contributed by atoms with Crippen LogP contribution in [0.15, 0.2) is 48.5 Å². The molecule has 0 aliphatic carbocycles. The number of nitrogens with one attached hydrogen (secondary N) is 3. The maximum absolute atomic E-state index is 12.6. The van der Waals surface area contributed by atoms with E-state index in [1.807, 2.05) is 36.4 Å². The third kappa shape index (κ3) is 4.26. The van der Waals surface area contributed by atoms with Crippen molar-refractivity contribution in [3.63, 3.8) is 0 Å². The van der Waals surface area contributed by atoms with Crippen LogP contribution in [-0.4, -0.2) is 16.7 Å². The summed E-state index contributed by atoms with van der Waals surface area (Å²) in [6.45, 7) is 5.69. The third-order valence-electron chi connectivity index (χ3n) is 4.57. The number of ketones is 1. The summed E-state index contributed by atoms with van der Waals surface area (Å²) >= 11 is 6.36. The highest BCUT2D eigenvalue weighted by Crippen LogP contribution is 2.27. The van der Waals surface area contributed by atoms with Gasteiger partial charge in [0.25, 0.3) is 5.91 Å². The summed E-state index contributed by atoms with van der Waals surface area (Å²) in [5.41, 5.74) is 4.79. The Balaban J connectivity index is 1.71. The number of Topliss-reactive ketones (excluding diaryl/α,β-unsaturated/α-hetero) is 1. The Bertz CT molecular complexity index is 1030. The molecular formula is C22H22ClN3O2. The molecule has 144 valence electrons. The smallest absolute Gasteiger partial charge is 0.272 e. The molecule has 3 aromatic rings. The predicted molar refractivity (Wildman–Crippen MR) is 113 cm³/mol. The van der Waals surface area contributed by atoms with Gasteiger partial charge in [-0.15, -0.1) is 0 Å². The van der Waals surface area contributed by atoms with Crippen molar-refractivity contribution in [1.82, 2.24) is 4.98 Å². The summed E-state index contributed by atoms with van der Waals surface area (Å²) < 4.78 is 0. The monoisotopic (exact) mass is 395 g/mol. The van der Waals surface area contributed by atoms with Gasteiger partial charge in [0.2, 0.25) is 0 Å². The first kappa shape index (κ1) is 19.7. The highest BCUT2D eigenvalue weighted by Gasteiger charge is 2.20. The molecule has 3 N–H and O–H groups in total. The Morgan fingerprint density at radius 1 is 1.07 bits per heavy atom. The quantitative estimate of drug-likeness (QED) is 0.492. The minimum absolute atomic E-state index is 0.0674. The van der Waals surface area contributed by atoms with E-state index in [1.54, 1.807) is 26.0 Å². The van der Waals surface area contributed by atoms with E-state index in [0.29, 0.717) is 39.8 Å². The van der Waals surface area contributed by atoms with Crippen LogP contribution < -0.4 is 10.6 Å². The van der Waals surface area contributed by atoms with Gasteiger partial charge >= 0.3 is 0 Å². The lowest BCUT2D eigenvalue weighted by Gasteiger charge is -2.11. The summed E-state index contributed by atoms with van der Waals surface area (Å²) in [6.07, 6.45) is 0. The summed E-state index contributed by atoms with van der Waals surface area (Å²) in [5.74, 6) is -0.378. The lowest BCUT2D eigenvalue weighted by molar-refractivity contribution is 0.101. The number of carbonyl (C=O) groups is 2. The number of benzene rings is 2. The molecule has 6 heteroatoms. The van der Waals surface area contributed by atoms with Crippen molar-refractivity contribution in [2.24, 2.45) is 0 Å². The highest BCUT2D eigenvalue weighted by atomic mass is 35.5. The molecule has 0 bridgehead atoms. The second-order valence-electron chi connectivity index (χ2n) is 6.67. The standard InChI is InChI=1S/C22H22ClN3O2/c1-13-20(15(3)27)14(2)25-21(13)22(28)26-17-9-10-19(18(23)11-17)24-12-16-7-5-4-6-8-16/h4-11,24-25H,12H2,1-3H3,(H,26,28).